The highest BCUT2D eigenvalue weighted by atomic mass is 15.3. The van der Waals surface area contributed by atoms with Gasteiger partial charge in [-0.15, -0.1) is 10.2 Å². The van der Waals surface area contributed by atoms with E-state index < -0.39 is 0 Å². The van der Waals surface area contributed by atoms with E-state index in [1.54, 1.807) is 0 Å². The number of hydrogen-bond acceptors (Lipinski definition) is 5. The van der Waals surface area contributed by atoms with Crippen LogP contribution in [-0.2, 0) is 6.54 Å². The van der Waals surface area contributed by atoms with Crippen LogP contribution in [0.3, 0.4) is 0 Å². The van der Waals surface area contributed by atoms with E-state index in [2.05, 4.69) is 24.6 Å². The van der Waals surface area contributed by atoms with Gasteiger partial charge in [-0.2, -0.15) is 0 Å². The summed E-state index contributed by atoms with van der Waals surface area (Å²) in [5.41, 5.74) is 6.00. The molecule has 2 N–H and O–H groups in total. The normalized spacial score (nSPS) is 32.2. The molecule has 1 aromatic heterocycles. The first-order valence-electron chi connectivity index (χ1n) is 10.4. The molecule has 0 unspecified atom stereocenters. The van der Waals surface area contributed by atoms with Crippen LogP contribution in [0.4, 0.5) is 0 Å². The summed E-state index contributed by atoms with van der Waals surface area (Å²) in [6.45, 7) is 5.79. The first kappa shape index (κ1) is 16.2. The Morgan fingerprint density at radius 1 is 0.880 bits per heavy atom. The smallest absolute Gasteiger partial charge is 0.147 e. The molecular weight excluding hydrogens is 312 g/mol. The van der Waals surface area contributed by atoms with E-state index >= 15 is 0 Å². The van der Waals surface area contributed by atoms with E-state index in [1.165, 1.54) is 76.4 Å². The molecule has 6 nitrogen and oxygen atoms in total. The lowest BCUT2D eigenvalue weighted by molar-refractivity contribution is 0.0912. The summed E-state index contributed by atoms with van der Waals surface area (Å²) in [7, 11) is 0. The molecule has 1 aromatic rings. The molecule has 0 bridgehead atoms. The Morgan fingerprint density at radius 3 is 2.24 bits per heavy atom. The van der Waals surface area contributed by atoms with Crippen LogP contribution in [0, 0.1) is 0 Å². The van der Waals surface area contributed by atoms with E-state index in [0.29, 0.717) is 18.0 Å². The minimum atomic E-state index is 0.376. The molecular formula is C19H32N6. The maximum atomic E-state index is 6.00. The third kappa shape index (κ3) is 3.24. The molecule has 138 valence electrons. The van der Waals surface area contributed by atoms with Gasteiger partial charge in [-0.3, -0.25) is 9.80 Å². The zero-order chi connectivity index (χ0) is 16.8. The van der Waals surface area contributed by atoms with E-state index in [4.69, 9.17) is 5.73 Å². The Balaban J connectivity index is 1.22. The summed E-state index contributed by atoms with van der Waals surface area (Å²) < 4.78 is 2.49. The Morgan fingerprint density at radius 2 is 1.60 bits per heavy atom. The van der Waals surface area contributed by atoms with Gasteiger partial charge in [-0.1, -0.05) is 12.8 Å². The van der Waals surface area contributed by atoms with Gasteiger partial charge in [0.1, 0.15) is 11.6 Å². The maximum absolute atomic E-state index is 6.00. The molecule has 5 rings (SSSR count). The zero-order valence-corrected chi connectivity index (χ0v) is 15.3. The Bertz CT molecular complexity index is 589. The second-order valence-corrected chi connectivity index (χ2v) is 8.75. The number of nitrogens with zero attached hydrogens (tertiary/aromatic N) is 5. The third-order valence-corrected chi connectivity index (χ3v) is 6.86. The quantitative estimate of drug-likeness (QED) is 0.883. The molecule has 3 aliphatic carbocycles. The second-order valence-electron chi connectivity index (χ2n) is 8.75. The van der Waals surface area contributed by atoms with Gasteiger partial charge in [0.05, 0.1) is 6.54 Å². The molecule has 0 spiro atoms. The van der Waals surface area contributed by atoms with Gasteiger partial charge in [0.2, 0.25) is 0 Å². The standard InChI is InChI=1S/C19H32N6/c20-15-11-14(12-15)19-22-21-18(25(19)17-5-6-17)13-23-7-9-24(10-8-23)16-3-1-2-4-16/h14-17H,1-13,20H2. The molecule has 2 heterocycles. The van der Waals surface area contributed by atoms with Crippen molar-refractivity contribution in [1.29, 1.82) is 0 Å². The van der Waals surface area contributed by atoms with E-state index in [-0.39, 0.29) is 0 Å². The van der Waals surface area contributed by atoms with Crippen molar-refractivity contribution in [1.82, 2.24) is 24.6 Å². The highest BCUT2D eigenvalue weighted by molar-refractivity contribution is 5.12. The van der Waals surface area contributed by atoms with Crippen molar-refractivity contribution < 1.29 is 0 Å². The average molecular weight is 345 g/mol. The number of hydrogen-bond donors (Lipinski definition) is 1. The van der Waals surface area contributed by atoms with Crippen LogP contribution >= 0.6 is 0 Å². The predicted molar refractivity (Wildman–Crippen MR) is 97.3 cm³/mol. The largest absolute Gasteiger partial charge is 0.328 e. The van der Waals surface area contributed by atoms with Crippen molar-refractivity contribution in [3.05, 3.63) is 11.6 Å². The summed E-state index contributed by atoms with van der Waals surface area (Å²) >= 11 is 0. The Labute approximate surface area is 150 Å². The van der Waals surface area contributed by atoms with Crippen LogP contribution in [0.1, 0.15) is 75.0 Å². The van der Waals surface area contributed by atoms with E-state index in [0.717, 1.165) is 25.4 Å². The van der Waals surface area contributed by atoms with Crippen LogP contribution in [0.5, 0.6) is 0 Å². The van der Waals surface area contributed by atoms with Gasteiger partial charge in [0.15, 0.2) is 0 Å². The molecule has 0 radical (unpaired) electrons. The molecule has 0 amide bonds. The van der Waals surface area contributed by atoms with Crippen LogP contribution in [-0.4, -0.2) is 62.8 Å². The van der Waals surface area contributed by atoms with Crippen molar-refractivity contribution in [2.75, 3.05) is 26.2 Å². The first-order valence-corrected chi connectivity index (χ1v) is 10.4. The van der Waals surface area contributed by atoms with Gasteiger partial charge < -0.3 is 10.3 Å². The molecule has 1 aliphatic heterocycles. The first-order chi connectivity index (χ1) is 12.3. The highest BCUT2D eigenvalue weighted by Gasteiger charge is 2.37. The van der Waals surface area contributed by atoms with Crippen LogP contribution in [0.2, 0.25) is 0 Å². The minimum absolute atomic E-state index is 0.376. The van der Waals surface area contributed by atoms with Crippen molar-refractivity contribution in [2.45, 2.75) is 82.0 Å². The lowest BCUT2D eigenvalue weighted by Crippen LogP contribution is -2.49. The predicted octanol–water partition coefficient (Wildman–Crippen LogP) is 1.88. The zero-order valence-electron chi connectivity index (χ0n) is 15.3. The molecule has 4 fully saturated rings. The van der Waals surface area contributed by atoms with Crippen LogP contribution in [0.15, 0.2) is 0 Å². The third-order valence-electron chi connectivity index (χ3n) is 6.86. The monoisotopic (exact) mass is 344 g/mol. The second kappa shape index (κ2) is 6.63. The van der Waals surface area contributed by atoms with Crippen LogP contribution in [0.25, 0.3) is 0 Å². The number of aromatic nitrogens is 3. The summed E-state index contributed by atoms with van der Waals surface area (Å²) in [5, 5.41) is 9.21. The van der Waals surface area contributed by atoms with Crippen molar-refractivity contribution >= 4 is 0 Å². The summed E-state index contributed by atoms with van der Waals surface area (Å²) in [5.74, 6) is 2.98. The summed E-state index contributed by atoms with van der Waals surface area (Å²) in [6, 6.07) is 1.91. The fraction of sp³-hybridized carbons (Fsp3) is 0.895. The van der Waals surface area contributed by atoms with Crippen molar-refractivity contribution in [3.63, 3.8) is 0 Å². The van der Waals surface area contributed by atoms with Gasteiger partial charge in [-0.05, 0) is 38.5 Å². The van der Waals surface area contributed by atoms with Gasteiger partial charge in [0.25, 0.3) is 0 Å². The molecule has 3 saturated carbocycles. The molecule has 4 aliphatic rings. The summed E-state index contributed by atoms with van der Waals surface area (Å²) in [6.07, 6.45) is 10.5. The van der Waals surface area contributed by atoms with Gasteiger partial charge in [-0.25, -0.2) is 0 Å². The van der Waals surface area contributed by atoms with Gasteiger partial charge >= 0.3 is 0 Å². The van der Waals surface area contributed by atoms with Crippen molar-refractivity contribution in [2.24, 2.45) is 5.73 Å². The number of nitrogens with two attached hydrogens (primary N) is 1. The lowest BCUT2D eigenvalue weighted by Gasteiger charge is -2.38. The number of piperazine rings is 1. The average Bonchev–Trinajstić information content (AvgIpc) is 3.13. The molecule has 0 atom stereocenters. The van der Waals surface area contributed by atoms with Crippen LogP contribution < -0.4 is 5.73 Å². The van der Waals surface area contributed by atoms with Crippen molar-refractivity contribution in [3.8, 4) is 0 Å². The fourth-order valence-electron chi connectivity index (χ4n) is 5.08. The van der Waals surface area contributed by atoms with E-state index in [9.17, 15) is 0 Å². The number of rotatable bonds is 5. The van der Waals surface area contributed by atoms with Gasteiger partial charge in [0, 0.05) is 50.2 Å². The fourth-order valence-corrected chi connectivity index (χ4v) is 5.08. The highest BCUT2D eigenvalue weighted by Crippen LogP contribution is 2.42. The lowest BCUT2D eigenvalue weighted by atomic mass is 9.80. The molecule has 0 aromatic carbocycles. The summed E-state index contributed by atoms with van der Waals surface area (Å²) in [4.78, 5) is 5.32. The van der Waals surface area contributed by atoms with E-state index in [1.807, 2.05) is 0 Å². The molecule has 25 heavy (non-hydrogen) atoms. The Kier molecular flexibility index (Phi) is 4.30. The topological polar surface area (TPSA) is 63.2 Å². The minimum Gasteiger partial charge on any atom is -0.328 e. The molecule has 6 heteroatoms. The molecule has 1 saturated heterocycles. The maximum Gasteiger partial charge on any atom is 0.147 e. The SMILES string of the molecule is NC1CC(c2nnc(CN3CCN(C4CCCC4)CC3)n2C2CC2)C1. The Hall–Kier alpha value is -0.980.